The summed E-state index contributed by atoms with van der Waals surface area (Å²) < 4.78 is 8.15. The van der Waals surface area contributed by atoms with E-state index < -0.39 is 0 Å². The summed E-state index contributed by atoms with van der Waals surface area (Å²) in [4.78, 5) is 10.0. The second-order valence-corrected chi connectivity index (χ2v) is 6.64. The Morgan fingerprint density at radius 3 is 2.50 bits per heavy atom. The van der Waals surface area contributed by atoms with E-state index in [1.54, 1.807) is 24.8 Å². The minimum Gasteiger partial charge on any atom is -0.497 e. The van der Waals surface area contributed by atoms with E-state index in [4.69, 9.17) is 4.74 Å². The van der Waals surface area contributed by atoms with Crippen molar-refractivity contribution in [2.45, 2.75) is 13.8 Å². The van der Waals surface area contributed by atoms with Gasteiger partial charge in [-0.05, 0) is 55.8 Å². The Kier molecular flexibility index (Phi) is 3.54. The quantitative estimate of drug-likeness (QED) is 0.563. The van der Waals surface area contributed by atoms with Gasteiger partial charge >= 0.3 is 0 Å². The minimum absolute atomic E-state index is 0.829. The largest absolute Gasteiger partial charge is 0.497 e. The summed E-state index contributed by atoms with van der Waals surface area (Å²) in [5, 5.41) is 4.55. The number of benzene rings is 1. The van der Waals surface area contributed by atoms with Crippen molar-refractivity contribution in [1.29, 1.82) is 0 Å². The summed E-state index contributed by atoms with van der Waals surface area (Å²) in [5.41, 5.74) is 4.11. The number of ether oxygens (including phenoxy) is 1. The van der Waals surface area contributed by atoms with Crippen molar-refractivity contribution >= 4 is 21.6 Å². The van der Waals surface area contributed by atoms with Gasteiger partial charge in [0.1, 0.15) is 12.1 Å². The highest BCUT2D eigenvalue weighted by molar-refractivity contribution is 7.22. The van der Waals surface area contributed by atoms with Gasteiger partial charge in [-0.2, -0.15) is 5.10 Å². The standard InChI is InChI=1S/C18H16N4OS/c1-11-8-12(2)22(21-11)18-17-15(19-10-20-18)9-16(24-17)13-4-6-14(23-3)7-5-13/h4-10H,1-3H3. The van der Waals surface area contributed by atoms with Crippen LogP contribution in [0.2, 0.25) is 0 Å². The third-order valence-corrected chi connectivity index (χ3v) is 5.05. The molecule has 0 saturated heterocycles. The zero-order valence-corrected chi connectivity index (χ0v) is 14.5. The van der Waals surface area contributed by atoms with Crippen LogP contribution < -0.4 is 4.74 Å². The van der Waals surface area contributed by atoms with Gasteiger partial charge in [0.25, 0.3) is 0 Å². The molecular weight excluding hydrogens is 320 g/mol. The molecule has 120 valence electrons. The fourth-order valence-corrected chi connectivity index (χ4v) is 3.82. The fraction of sp³-hybridized carbons (Fsp3) is 0.167. The number of aryl methyl sites for hydroxylation is 2. The Bertz CT molecular complexity index is 1020. The van der Waals surface area contributed by atoms with E-state index in [9.17, 15) is 0 Å². The molecule has 0 aliphatic rings. The molecule has 0 aliphatic carbocycles. The van der Waals surface area contributed by atoms with Crippen LogP contribution in [0.15, 0.2) is 42.7 Å². The molecule has 0 N–H and O–H groups in total. The average molecular weight is 336 g/mol. The zero-order chi connectivity index (χ0) is 16.7. The van der Waals surface area contributed by atoms with Crippen LogP contribution in [0.3, 0.4) is 0 Å². The molecule has 0 aliphatic heterocycles. The molecule has 5 nitrogen and oxygen atoms in total. The number of hydrogen-bond donors (Lipinski definition) is 0. The molecule has 3 aromatic heterocycles. The van der Waals surface area contributed by atoms with E-state index in [2.05, 4.69) is 33.3 Å². The topological polar surface area (TPSA) is 52.8 Å². The maximum absolute atomic E-state index is 5.23. The molecule has 0 fully saturated rings. The number of thiophene rings is 1. The molecule has 4 aromatic rings. The first-order chi connectivity index (χ1) is 11.7. The van der Waals surface area contributed by atoms with Gasteiger partial charge in [0, 0.05) is 10.6 Å². The lowest BCUT2D eigenvalue weighted by Crippen LogP contribution is -2.02. The van der Waals surface area contributed by atoms with Crippen molar-refractivity contribution in [3.8, 4) is 22.0 Å². The number of nitrogens with zero attached hydrogens (tertiary/aromatic N) is 4. The molecule has 0 unspecified atom stereocenters. The van der Waals surface area contributed by atoms with Gasteiger partial charge in [-0.3, -0.25) is 0 Å². The number of rotatable bonds is 3. The highest BCUT2D eigenvalue weighted by Gasteiger charge is 2.14. The summed E-state index contributed by atoms with van der Waals surface area (Å²) in [5.74, 6) is 1.68. The number of fused-ring (bicyclic) bond motifs is 1. The predicted octanol–water partition coefficient (Wildman–Crippen LogP) is 4.17. The molecule has 3 heterocycles. The van der Waals surface area contributed by atoms with Crippen molar-refractivity contribution in [2.75, 3.05) is 7.11 Å². The van der Waals surface area contributed by atoms with E-state index >= 15 is 0 Å². The van der Waals surface area contributed by atoms with Gasteiger partial charge in [0.2, 0.25) is 0 Å². The molecule has 0 amide bonds. The molecule has 24 heavy (non-hydrogen) atoms. The maximum Gasteiger partial charge on any atom is 0.174 e. The first kappa shape index (κ1) is 14.8. The van der Waals surface area contributed by atoms with Crippen LogP contribution in [0.4, 0.5) is 0 Å². The number of hydrogen-bond acceptors (Lipinski definition) is 5. The normalized spacial score (nSPS) is 11.1. The average Bonchev–Trinajstić information content (AvgIpc) is 3.17. The summed E-state index contributed by atoms with van der Waals surface area (Å²) >= 11 is 1.68. The summed E-state index contributed by atoms with van der Waals surface area (Å²) in [6.45, 7) is 4.02. The summed E-state index contributed by atoms with van der Waals surface area (Å²) in [7, 11) is 1.67. The van der Waals surface area contributed by atoms with E-state index in [0.29, 0.717) is 0 Å². The Balaban J connectivity index is 1.86. The maximum atomic E-state index is 5.23. The SMILES string of the molecule is COc1ccc(-c2cc3ncnc(-n4nc(C)cc4C)c3s2)cc1. The molecule has 4 rings (SSSR count). The zero-order valence-electron chi connectivity index (χ0n) is 13.6. The number of aromatic nitrogens is 4. The van der Waals surface area contributed by atoms with Crippen molar-refractivity contribution < 1.29 is 4.74 Å². The molecule has 1 aromatic carbocycles. The molecule has 6 heteroatoms. The van der Waals surface area contributed by atoms with Gasteiger partial charge in [-0.25, -0.2) is 14.6 Å². The molecule has 0 atom stereocenters. The lowest BCUT2D eigenvalue weighted by atomic mass is 10.2. The Morgan fingerprint density at radius 2 is 1.83 bits per heavy atom. The van der Waals surface area contributed by atoms with Crippen LogP contribution in [0, 0.1) is 13.8 Å². The van der Waals surface area contributed by atoms with Crippen molar-refractivity contribution in [1.82, 2.24) is 19.7 Å². The molecule has 0 radical (unpaired) electrons. The van der Waals surface area contributed by atoms with E-state index in [1.165, 1.54) is 0 Å². The highest BCUT2D eigenvalue weighted by atomic mass is 32.1. The van der Waals surface area contributed by atoms with Crippen LogP contribution in [0.5, 0.6) is 5.75 Å². The molecular formula is C18H16N4OS. The van der Waals surface area contributed by atoms with Crippen LogP contribution >= 0.6 is 11.3 Å². The monoisotopic (exact) mass is 336 g/mol. The Hall–Kier alpha value is -2.73. The second kappa shape index (κ2) is 5.72. The van der Waals surface area contributed by atoms with Crippen LogP contribution in [-0.2, 0) is 0 Å². The van der Waals surface area contributed by atoms with Gasteiger partial charge in [-0.1, -0.05) is 0 Å². The van der Waals surface area contributed by atoms with Crippen LogP contribution in [0.25, 0.3) is 26.5 Å². The smallest absolute Gasteiger partial charge is 0.174 e. The second-order valence-electron chi connectivity index (χ2n) is 5.59. The first-order valence-corrected chi connectivity index (χ1v) is 8.40. The predicted molar refractivity (Wildman–Crippen MR) is 96.0 cm³/mol. The molecule has 0 saturated carbocycles. The van der Waals surface area contributed by atoms with Crippen molar-refractivity contribution in [2.24, 2.45) is 0 Å². The summed E-state index contributed by atoms with van der Waals surface area (Å²) in [6, 6.07) is 12.2. The lowest BCUT2D eigenvalue weighted by Gasteiger charge is -2.03. The Morgan fingerprint density at radius 1 is 1.04 bits per heavy atom. The van der Waals surface area contributed by atoms with Gasteiger partial charge in [0.15, 0.2) is 5.82 Å². The first-order valence-electron chi connectivity index (χ1n) is 7.58. The molecule has 0 bridgehead atoms. The number of methoxy groups -OCH3 is 1. The summed E-state index contributed by atoms with van der Waals surface area (Å²) in [6.07, 6.45) is 1.60. The minimum atomic E-state index is 0.829. The van der Waals surface area contributed by atoms with Gasteiger partial charge in [0.05, 0.1) is 23.0 Å². The van der Waals surface area contributed by atoms with Crippen LogP contribution in [-0.4, -0.2) is 26.9 Å². The van der Waals surface area contributed by atoms with Gasteiger partial charge in [-0.15, -0.1) is 11.3 Å². The molecule has 0 spiro atoms. The van der Waals surface area contributed by atoms with E-state index in [1.807, 2.05) is 36.7 Å². The van der Waals surface area contributed by atoms with Crippen molar-refractivity contribution in [3.63, 3.8) is 0 Å². The van der Waals surface area contributed by atoms with Crippen LogP contribution in [0.1, 0.15) is 11.4 Å². The Labute approximate surface area is 143 Å². The van der Waals surface area contributed by atoms with E-state index in [-0.39, 0.29) is 0 Å². The van der Waals surface area contributed by atoms with Crippen molar-refractivity contribution in [3.05, 3.63) is 54.1 Å². The van der Waals surface area contributed by atoms with E-state index in [0.717, 1.165) is 43.6 Å². The van der Waals surface area contributed by atoms with Gasteiger partial charge < -0.3 is 4.74 Å². The fourth-order valence-electron chi connectivity index (χ4n) is 2.73. The highest BCUT2D eigenvalue weighted by Crippen LogP contribution is 2.35. The third kappa shape index (κ3) is 2.45. The lowest BCUT2D eigenvalue weighted by molar-refractivity contribution is 0.415. The third-order valence-electron chi connectivity index (χ3n) is 3.88.